The minimum absolute atomic E-state index is 0.117. The van der Waals surface area contributed by atoms with Gasteiger partial charge < -0.3 is 14.2 Å². The second-order valence-electron chi connectivity index (χ2n) is 5.69. The Balaban J connectivity index is 1.70. The summed E-state index contributed by atoms with van der Waals surface area (Å²) in [6, 6.07) is 10.2. The molecule has 1 aromatic heterocycles. The maximum Gasteiger partial charge on any atom is 0.357 e. The van der Waals surface area contributed by atoms with Crippen molar-refractivity contribution in [2.24, 2.45) is 0 Å². The Labute approximate surface area is 160 Å². The fourth-order valence-corrected chi connectivity index (χ4v) is 2.55. The van der Waals surface area contributed by atoms with Crippen LogP contribution in [0, 0.1) is 5.82 Å². The molecule has 3 aromatic rings. The van der Waals surface area contributed by atoms with Crippen LogP contribution in [0.2, 0.25) is 0 Å². The molecule has 1 heterocycles. The van der Waals surface area contributed by atoms with Crippen LogP contribution in [-0.2, 0) is 4.74 Å². The van der Waals surface area contributed by atoms with Crippen molar-refractivity contribution >= 4 is 11.8 Å². The van der Waals surface area contributed by atoms with Crippen molar-refractivity contribution in [3.63, 3.8) is 0 Å². The molecular formula is C20H17FN2O5. The van der Waals surface area contributed by atoms with Crippen LogP contribution in [0.3, 0.4) is 0 Å². The summed E-state index contributed by atoms with van der Waals surface area (Å²) >= 11 is 0. The summed E-state index contributed by atoms with van der Waals surface area (Å²) < 4.78 is 29.9. The Bertz CT molecular complexity index is 998. The highest BCUT2D eigenvalue weighted by atomic mass is 19.1. The van der Waals surface area contributed by atoms with Gasteiger partial charge in [0.05, 0.1) is 26.7 Å². The number of Topliss-reactive ketones (excluding diaryl/α,β-unsaturated/α-hetero) is 1. The first kappa shape index (κ1) is 19.1. The van der Waals surface area contributed by atoms with E-state index in [9.17, 15) is 14.0 Å². The number of carbonyl (C=O) groups excluding carboxylic acids is 2. The molecule has 0 atom stereocenters. The van der Waals surface area contributed by atoms with Gasteiger partial charge in [0.1, 0.15) is 5.82 Å². The number of hydrogen-bond donors (Lipinski definition) is 0. The average molecular weight is 384 g/mol. The average Bonchev–Trinajstić information content (AvgIpc) is 3.21. The van der Waals surface area contributed by atoms with Gasteiger partial charge in [-0.25, -0.2) is 14.2 Å². The van der Waals surface area contributed by atoms with E-state index in [-0.39, 0.29) is 5.69 Å². The molecule has 8 heteroatoms. The van der Waals surface area contributed by atoms with Gasteiger partial charge in [-0.2, -0.15) is 0 Å². The number of imidazole rings is 1. The van der Waals surface area contributed by atoms with E-state index in [2.05, 4.69) is 4.98 Å². The van der Waals surface area contributed by atoms with Gasteiger partial charge in [-0.05, 0) is 42.5 Å². The summed E-state index contributed by atoms with van der Waals surface area (Å²) in [4.78, 5) is 28.6. The Morgan fingerprint density at radius 1 is 1.04 bits per heavy atom. The summed E-state index contributed by atoms with van der Waals surface area (Å²) in [6.07, 6.45) is 2.71. The maximum atomic E-state index is 13.1. The lowest BCUT2D eigenvalue weighted by molar-refractivity contribution is 0.0466. The largest absolute Gasteiger partial charge is 0.493 e. The SMILES string of the molecule is COc1ccc(C(=O)COC(=O)c2cncn2-c2ccc(F)cc2)cc1OC. The first-order valence-corrected chi connectivity index (χ1v) is 8.24. The van der Waals surface area contributed by atoms with Crippen LogP contribution in [0.15, 0.2) is 55.0 Å². The lowest BCUT2D eigenvalue weighted by Gasteiger charge is -2.10. The van der Waals surface area contributed by atoms with E-state index >= 15 is 0 Å². The first-order valence-electron chi connectivity index (χ1n) is 8.24. The summed E-state index contributed by atoms with van der Waals surface area (Å²) in [7, 11) is 2.95. The van der Waals surface area contributed by atoms with E-state index in [0.29, 0.717) is 22.7 Å². The Morgan fingerprint density at radius 3 is 2.43 bits per heavy atom. The van der Waals surface area contributed by atoms with Crippen molar-refractivity contribution in [3.8, 4) is 17.2 Å². The lowest BCUT2D eigenvalue weighted by Crippen LogP contribution is -2.16. The number of benzene rings is 2. The zero-order chi connectivity index (χ0) is 20.1. The van der Waals surface area contributed by atoms with E-state index in [1.807, 2.05) is 0 Å². The van der Waals surface area contributed by atoms with Crippen molar-refractivity contribution in [3.05, 3.63) is 72.1 Å². The zero-order valence-corrected chi connectivity index (χ0v) is 15.2. The number of carbonyl (C=O) groups is 2. The van der Waals surface area contributed by atoms with Gasteiger partial charge in [-0.15, -0.1) is 0 Å². The number of ether oxygens (including phenoxy) is 3. The van der Waals surface area contributed by atoms with Crippen molar-refractivity contribution in [1.82, 2.24) is 9.55 Å². The molecule has 0 aliphatic heterocycles. The van der Waals surface area contributed by atoms with E-state index < -0.39 is 24.2 Å². The van der Waals surface area contributed by atoms with E-state index in [0.717, 1.165) is 0 Å². The highest BCUT2D eigenvalue weighted by molar-refractivity contribution is 5.99. The van der Waals surface area contributed by atoms with Crippen LogP contribution in [0.5, 0.6) is 11.5 Å². The van der Waals surface area contributed by atoms with Crippen LogP contribution >= 0.6 is 0 Å². The third-order valence-corrected chi connectivity index (χ3v) is 3.99. The van der Waals surface area contributed by atoms with Gasteiger partial charge in [0, 0.05) is 11.3 Å². The first-order chi connectivity index (χ1) is 13.5. The van der Waals surface area contributed by atoms with Crippen LogP contribution in [0.1, 0.15) is 20.8 Å². The van der Waals surface area contributed by atoms with E-state index in [4.69, 9.17) is 14.2 Å². The highest BCUT2D eigenvalue weighted by Gasteiger charge is 2.18. The molecule has 2 aromatic carbocycles. The molecule has 144 valence electrons. The number of methoxy groups -OCH3 is 2. The molecule has 0 fully saturated rings. The van der Waals surface area contributed by atoms with Crippen molar-refractivity contribution in [2.75, 3.05) is 20.8 Å². The lowest BCUT2D eigenvalue weighted by atomic mass is 10.1. The Morgan fingerprint density at radius 2 is 1.75 bits per heavy atom. The fraction of sp³-hybridized carbons (Fsp3) is 0.150. The molecule has 0 saturated heterocycles. The van der Waals surface area contributed by atoms with E-state index in [1.54, 1.807) is 12.1 Å². The Kier molecular flexibility index (Phi) is 5.69. The predicted molar refractivity (Wildman–Crippen MR) is 97.7 cm³/mol. The maximum absolute atomic E-state index is 13.1. The summed E-state index contributed by atoms with van der Waals surface area (Å²) in [5, 5.41) is 0. The van der Waals surface area contributed by atoms with E-state index in [1.165, 1.54) is 61.6 Å². The molecule has 28 heavy (non-hydrogen) atoms. The molecule has 7 nitrogen and oxygen atoms in total. The second-order valence-corrected chi connectivity index (χ2v) is 5.69. The number of aromatic nitrogens is 2. The zero-order valence-electron chi connectivity index (χ0n) is 15.2. The van der Waals surface area contributed by atoms with Crippen LogP contribution in [-0.4, -0.2) is 42.1 Å². The predicted octanol–water partition coefficient (Wildman–Crippen LogP) is 3.07. The third kappa shape index (κ3) is 4.01. The molecule has 0 amide bonds. The number of rotatable bonds is 7. The summed E-state index contributed by atoms with van der Waals surface area (Å²) in [5.74, 6) is -0.639. The topological polar surface area (TPSA) is 79.7 Å². The number of ketones is 1. The number of hydrogen-bond acceptors (Lipinski definition) is 6. The van der Waals surface area contributed by atoms with Gasteiger partial charge in [0.2, 0.25) is 0 Å². The minimum Gasteiger partial charge on any atom is -0.493 e. The van der Waals surface area contributed by atoms with Gasteiger partial charge in [-0.3, -0.25) is 9.36 Å². The molecular weight excluding hydrogens is 367 g/mol. The molecule has 0 bridgehead atoms. The quantitative estimate of drug-likeness (QED) is 0.460. The Hall–Kier alpha value is -3.68. The number of esters is 1. The smallest absolute Gasteiger partial charge is 0.357 e. The van der Waals surface area contributed by atoms with Crippen molar-refractivity contribution in [2.45, 2.75) is 0 Å². The van der Waals surface area contributed by atoms with Crippen LogP contribution in [0.4, 0.5) is 4.39 Å². The number of halogens is 1. The normalized spacial score (nSPS) is 10.4. The fourth-order valence-electron chi connectivity index (χ4n) is 2.55. The molecule has 0 unspecified atom stereocenters. The molecule has 0 radical (unpaired) electrons. The third-order valence-electron chi connectivity index (χ3n) is 3.99. The van der Waals surface area contributed by atoms with Gasteiger partial charge in [-0.1, -0.05) is 0 Å². The summed E-state index contributed by atoms with van der Waals surface area (Å²) in [5.41, 5.74) is 0.973. The van der Waals surface area contributed by atoms with Crippen LogP contribution in [0.25, 0.3) is 5.69 Å². The molecule has 0 spiro atoms. The van der Waals surface area contributed by atoms with Gasteiger partial charge in [0.25, 0.3) is 0 Å². The monoisotopic (exact) mass is 384 g/mol. The standard InChI is InChI=1S/C20H17FN2O5/c1-26-18-8-3-13(9-19(18)27-2)17(24)11-28-20(25)16-10-22-12-23(16)15-6-4-14(21)5-7-15/h3-10,12H,11H2,1-2H3. The van der Waals surface area contributed by atoms with Crippen molar-refractivity contribution in [1.29, 1.82) is 0 Å². The molecule has 0 saturated carbocycles. The van der Waals surface area contributed by atoms with Crippen molar-refractivity contribution < 1.29 is 28.2 Å². The summed E-state index contributed by atoms with van der Waals surface area (Å²) in [6.45, 7) is -0.455. The number of nitrogens with zero attached hydrogens (tertiary/aromatic N) is 2. The molecule has 0 aliphatic carbocycles. The molecule has 0 aliphatic rings. The van der Waals surface area contributed by atoms with Crippen LogP contribution < -0.4 is 9.47 Å². The molecule has 3 rings (SSSR count). The minimum atomic E-state index is -0.726. The van der Waals surface area contributed by atoms with Gasteiger partial charge in [0.15, 0.2) is 29.6 Å². The van der Waals surface area contributed by atoms with Gasteiger partial charge >= 0.3 is 5.97 Å². The second kappa shape index (κ2) is 8.34. The molecule has 0 N–H and O–H groups in total. The highest BCUT2D eigenvalue weighted by Crippen LogP contribution is 2.27.